The lowest BCUT2D eigenvalue weighted by atomic mass is 9.43. The van der Waals surface area contributed by atoms with Crippen LogP contribution in [0.25, 0.3) is 0 Å². The number of halogens is 1. The van der Waals surface area contributed by atoms with E-state index in [1.807, 2.05) is 0 Å². The maximum atomic E-state index is 11.7. The summed E-state index contributed by atoms with van der Waals surface area (Å²) in [5.74, 6) is 4.20. The molecule has 6 fully saturated rings. The van der Waals surface area contributed by atoms with Crippen LogP contribution in [0.3, 0.4) is 0 Å². The highest BCUT2D eigenvalue weighted by molar-refractivity contribution is 9.09. The molecule has 0 radical (unpaired) electrons. The van der Waals surface area contributed by atoms with E-state index < -0.39 is 0 Å². The predicted octanol–water partition coefficient (Wildman–Crippen LogP) is 6.95. The lowest BCUT2D eigenvalue weighted by molar-refractivity contribution is -0.246. The van der Waals surface area contributed by atoms with Gasteiger partial charge in [-0.25, -0.2) is 0 Å². The smallest absolute Gasteiger partial charge is 0.165 e. The van der Waals surface area contributed by atoms with E-state index in [9.17, 15) is 5.11 Å². The molecule has 33 heavy (non-hydrogen) atoms. The van der Waals surface area contributed by atoms with E-state index in [0.717, 1.165) is 24.7 Å². The van der Waals surface area contributed by atoms with Gasteiger partial charge in [0.15, 0.2) is 6.29 Å². The van der Waals surface area contributed by atoms with Crippen molar-refractivity contribution in [2.75, 3.05) is 0 Å². The minimum absolute atomic E-state index is 0.0168. The molecule has 4 aliphatic carbocycles. The van der Waals surface area contributed by atoms with Crippen LogP contribution in [-0.2, 0) is 9.47 Å². The average molecular weight is 524 g/mol. The van der Waals surface area contributed by atoms with E-state index in [-0.39, 0.29) is 34.9 Å². The van der Waals surface area contributed by atoms with E-state index in [2.05, 4.69) is 57.5 Å². The minimum atomic E-state index is -0.254. The average Bonchev–Trinajstić information content (AvgIpc) is 3.26. The van der Waals surface area contributed by atoms with Crippen LogP contribution in [-0.4, -0.2) is 33.5 Å². The van der Waals surface area contributed by atoms with Gasteiger partial charge >= 0.3 is 0 Å². The van der Waals surface area contributed by atoms with Gasteiger partial charge in [0.25, 0.3) is 0 Å². The van der Waals surface area contributed by atoms with Crippen molar-refractivity contribution in [3.63, 3.8) is 0 Å². The van der Waals surface area contributed by atoms with E-state index in [1.54, 1.807) is 0 Å². The number of ether oxygens (including phenoxy) is 2. The summed E-state index contributed by atoms with van der Waals surface area (Å²) in [6, 6.07) is 0. The van der Waals surface area contributed by atoms with Crippen LogP contribution in [0.5, 0.6) is 0 Å². The lowest BCUT2D eigenvalue weighted by Gasteiger charge is -2.64. The fourth-order valence-corrected chi connectivity index (χ4v) is 11.7. The minimum Gasteiger partial charge on any atom is -0.393 e. The number of fused-ring (bicyclic) bond motifs is 2. The number of alkyl halides is 1. The van der Waals surface area contributed by atoms with Crippen LogP contribution < -0.4 is 0 Å². The number of aliphatic hydroxyl groups is 1. The third-order valence-corrected chi connectivity index (χ3v) is 13.7. The van der Waals surface area contributed by atoms with Crippen molar-refractivity contribution < 1.29 is 14.6 Å². The van der Waals surface area contributed by atoms with Gasteiger partial charge in [-0.3, -0.25) is 0 Å². The predicted molar refractivity (Wildman–Crippen MR) is 135 cm³/mol. The Morgan fingerprint density at radius 1 is 1.00 bits per heavy atom. The molecule has 2 bridgehead atoms. The zero-order chi connectivity index (χ0) is 23.6. The standard InChI is InChI=1S/C29H47BrO3/c1-16(2)18(4)8-11-27(6)22-15-20(31)24-28(22)12-9-21-26(5)10-7-17(3)13-19(26)14-23(30)29(21,24)33-25(28)32-27/h16-25,31H,7-15H2,1-6H3. The molecule has 2 heterocycles. The third-order valence-electron chi connectivity index (χ3n) is 12.7. The fraction of sp³-hybridized carbons (Fsp3) is 1.00. The van der Waals surface area contributed by atoms with Crippen molar-refractivity contribution in [1.29, 1.82) is 0 Å². The van der Waals surface area contributed by atoms with Crippen molar-refractivity contribution in [2.45, 2.75) is 128 Å². The molecule has 0 aromatic rings. The van der Waals surface area contributed by atoms with Gasteiger partial charge in [0.1, 0.15) is 0 Å². The van der Waals surface area contributed by atoms with Gasteiger partial charge in [-0.05, 0) is 93.3 Å². The molecule has 188 valence electrons. The molecule has 0 aromatic carbocycles. The van der Waals surface area contributed by atoms with Gasteiger partial charge in [-0.1, -0.05) is 57.0 Å². The normalized spacial score (nSPS) is 59.9. The van der Waals surface area contributed by atoms with Crippen LogP contribution in [0.15, 0.2) is 0 Å². The molecule has 13 atom stereocenters. The Morgan fingerprint density at radius 3 is 2.48 bits per heavy atom. The summed E-state index contributed by atoms with van der Waals surface area (Å²) < 4.78 is 14.3. The van der Waals surface area contributed by atoms with E-state index >= 15 is 0 Å². The van der Waals surface area contributed by atoms with E-state index in [1.165, 1.54) is 44.9 Å². The molecule has 0 aromatic heterocycles. The Kier molecular flexibility index (Phi) is 5.36. The first kappa shape index (κ1) is 23.7. The Balaban J connectivity index is 1.35. The maximum absolute atomic E-state index is 11.7. The largest absolute Gasteiger partial charge is 0.393 e. The number of rotatable bonds is 4. The van der Waals surface area contributed by atoms with E-state index in [4.69, 9.17) is 9.47 Å². The molecular formula is C29H47BrO3. The molecular weight excluding hydrogens is 476 g/mol. The highest BCUT2D eigenvalue weighted by Gasteiger charge is 2.84. The number of hydrogen-bond acceptors (Lipinski definition) is 3. The van der Waals surface area contributed by atoms with Crippen LogP contribution in [0.2, 0.25) is 0 Å². The first-order valence-electron chi connectivity index (χ1n) is 14.2. The zero-order valence-corrected chi connectivity index (χ0v) is 23.4. The molecule has 1 N–H and O–H groups in total. The monoisotopic (exact) mass is 522 g/mol. The van der Waals surface area contributed by atoms with Gasteiger partial charge in [0.2, 0.25) is 0 Å². The lowest BCUT2D eigenvalue weighted by Crippen LogP contribution is -2.67. The number of aliphatic hydroxyl groups excluding tert-OH is 1. The van der Waals surface area contributed by atoms with Crippen LogP contribution >= 0.6 is 15.9 Å². The Morgan fingerprint density at radius 2 is 1.76 bits per heavy atom. The van der Waals surface area contributed by atoms with Crippen LogP contribution in [0, 0.1) is 52.3 Å². The second kappa shape index (κ2) is 7.45. The summed E-state index contributed by atoms with van der Waals surface area (Å²) in [5.41, 5.74) is -0.0651. The molecule has 6 rings (SSSR count). The van der Waals surface area contributed by atoms with Crippen molar-refractivity contribution in [2.24, 2.45) is 52.3 Å². The van der Waals surface area contributed by atoms with E-state index in [0.29, 0.717) is 33.9 Å². The van der Waals surface area contributed by atoms with Gasteiger partial charge in [0.05, 0.1) is 17.3 Å². The molecule has 4 heteroatoms. The SMILES string of the molecule is CC1CCC2(C)C(C1)CC(Br)C13OC4OC(C)(CCC(C)C(C)C)C5CC(O)C1C45CCC23. The van der Waals surface area contributed by atoms with Crippen molar-refractivity contribution in [3.05, 3.63) is 0 Å². The quantitative estimate of drug-likeness (QED) is 0.406. The molecule has 2 spiro atoms. The van der Waals surface area contributed by atoms with Gasteiger partial charge in [0, 0.05) is 22.1 Å². The van der Waals surface area contributed by atoms with Crippen LogP contribution in [0.1, 0.15) is 99.3 Å². The van der Waals surface area contributed by atoms with Gasteiger partial charge in [-0.15, -0.1) is 0 Å². The Hall–Kier alpha value is 0.360. The summed E-state index contributed by atoms with van der Waals surface area (Å²) in [5, 5.41) is 11.7. The summed E-state index contributed by atoms with van der Waals surface area (Å²) >= 11 is 4.21. The van der Waals surface area contributed by atoms with Crippen LogP contribution in [0.4, 0.5) is 0 Å². The highest BCUT2D eigenvalue weighted by Crippen LogP contribution is 2.79. The molecule has 13 unspecified atom stereocenters. The summed E-state index contributed by atoms with van der Waals surface area (Å²) in [4.78, 5) is 0.329. The third kappa shape index (κ3) is 2.85. The highest BCUT2D eigenvalue weighted by atomic mass is 79.9. The second-order valence-corrected chi connectivity index (χ2v) is 15.4. The zero-order valence-electron chi connectivity index (χ0n) is 21.8. The van der Waals surface area contributed by atoms with Crippen molar-refractivity contribution >= 4 is 15.9 Å². The molecule has 6 aliphatic rings. The van der Waals surface area contributed by atoms with Crippen molar-refractivity contribution in [3.8, 4) is 0 Å². The summed E-state index contributed by atoms with van der Waals surface area (Å²) in [6.45, 7) is 14.4. The second-order valence-electron chi connectivity index (χ2n) is 14.3. The first-order valence-corrected chi connectivity index (χ1v) is 15.1. The maximum Gasteiger partial charge on any atom is 0.165 e. The molecule has 0 amide bonds. The molecule has 3 nitrogen and oxygen atoms in total. The van der Waals surface area contributed by atoms with Crippen molar-refractivity contribution in [1.82, 2.24) is 0 Å². The summed E-state index contributed by atoms with van der Waals surface area (Å²) in [7, 11) is 0. The topological polar surface area (TPSA) is 38.7 Å². The van der Waals surface area contributed by atoms with Gasteiger partial charge in [-0.2, -0.15) is 0 Å². The molecule has 2 saturated heterocycles. The fourth-order valence-electron chi connectivity index (χ4n) is 10.5. The Bertz CT molecular complexity index is 802. The Labute approximate surface area is 210 Å². The van der Waals surface area contributed by atoms with Gasteiger partial charge < -0.3 is 14.6 Å². The first-order chi connectivity index (χ1) is 15.5. The summed E-state index contributed by atoms with van der Waals surface area (Å²) in [6.07, 6.45) is 10.5. The molecule has 2 aliphatic heterocycles. The molecule has 4 saturated carbocycles. The number of hydrogen-bond donors (Lipinski definition) is 1.